The van der Waals surface area contributed by atoms with Gasteiger partial charge in [-0.3, -0.25) is 0 Å². The van der Waals surface area contributed by atoms with Crippen LogP contribution in [0.25, 0.3) is 11.0 Å². The average Bonchev–Trinajstić information content (AvgIpc) is 2.83. The second kappa shape index (κ2) is 6.20. The molecule has 3 heteroatoms. The van der Waals surface area contributed by atoms with Crippen molar-refractivity contribution in [1.82, 2.24) is 15.0 Å². The van der Waals surface area contributed by atoms with E-state index < -0.39 is 0 Å². The summed E-state index contributed by atoms with van der Waals surface area (Å²) < 4.78 is 1.88. The molecule has 0 bridgehead atoms. The Morgan fingerprint density at radius 2 is 2.11 bits per heavy atom. The van der Waals surface area contributed by atoms with Gasteiger partial charge in [-0.05, 0) is 18.6 Å². The van der Waals surface area contributed by atoms with Crippen LogP contribution in [0.5, 0.6) is 0 Å². The minimum Gasteiger partial charge on any atom is -0.230 e. The topological polar surface area (TPSA) is 30.7 Å². The maximum atomic E-state index is 5.63. The van der Waals surface area contributed by atoms with E-state index in [1.165, 1.54) is 19.3 Å². The highest BCUT2D eigenvalue weighted by Crippen LogP contribution is 2.20. The molecule has 0 radical (unpaired) electrons. The molecular formula is C15H19N3. The Hall–Kier alpha value is -1.82. The molecule has 0 N–H and O–H groups in total. The van der Waals surface area contributed by atoms with Crippen LogP contribution in [0, 0.1) is 12.3 Å². The molecule has 1 aromatic heterocycles. The fraction of sp³-hybridized carbons (Fsp3) is 0.467. The highest BCUT2D eigenvalue weighted by atomic mass is 15.4. The van der Waals surface area contributed by atoms with Crippen molar-refractivity contribution in [3.8, 4) is 12.3 Å². The van der Waals surface area contributed by atoms with Crippen molar-refractivity contribution in [1.29, 1.82) is 0 Å². The first-order chi connectivity index (χ1) is 8.86. The van der Waals surface area contributed by atoms with E-state index in [4.69, 9.17) is 6.42 Å². The molecule has 18 heavy (non-hydrogen) atoms. The first-order valence-electron chi connectivity index (χ1n) is 6.63. The van der Waals surface area contributed by atoms with Crippen molar-refractivity contribution < 1.29 is 0 Å². The predicted molar refractivity (Wildman–Crippen MR) is 74.2 cm³/mol. The van der Waals surface area contributed by atoms with Gasteiger partial charge < -0.3 is 0 Å². The number of terminal acetylenes is 1. The molecule has 0 saturated carbocycles. The number of para-hydroxylation sites is 1. The van der Waals surface area contributed by atoms with Crippen LogP contribution in [0.1, 0.15) is 45.1 Å². The monoisotopic (exact) mass is 241 g/mol. The normalized spacial score (nSPS) is 12.4. The van der Waals surface area contributed by atoms with Gasteiger partial charge in [-0.25, -0.2) is 4.68 Å². The van der Waals surface area contributed by atoms with Crippen LogP contribution in [0.15, 0.2) is 24.3 Å². The Labute approximate surface area is 108 Å². The number of benzene rings is 1. The van der Waals surface area contributed by atoms with Crippen LogP contribution in [0.2, 0.25) is 0 Å². The first-order valence-corrected chi connectivity index (χ1v) is 6.63. The minimum atomic E-state index is 0.0225. The summed E-state index contributed by atoms with van der Waals surface area (Å²) in [5.74, 6) is 2.83. The van der Waals surface area contributed by atoms with Crippen LogP contribution in [-0.4, -0.2) is 15.0 Å². The van der Waals surface area contributed by atoms with Crippen LogP contribution in [0.3, 0.4) is 0 Å². The minimum absolute atomic E-state index is 0.0225. The summed E-state index contributed by atoms with van der Waals surface area (Å²) in [6.07, 6.45) is 11.5. The molecule has 0 aliphatic carbocycles. The van der Waals surface area contributed by atoms with Gasteiger partial charge in [-0.15, -0.1) is 11.5 Å². The molecule has 0 amide bonds. The standard InChI is InChI=1S/C15H19N3/c1-3-5-6-7-10-13(4-2)18-15-12-9-8-11-14(15)16-17-18/h2,8-9,11-13H,3,5-7,10H2,1H3. The van der Waals surface area contributed by atoms with E-state index in [1.54, 1.807) is 0 Å². The van der Waals surface area contributed by atoms with E-state index in [1.807, 2.05) is 28.9 Å². The summed E-state index contributed by atoms with van der Waals surface area (Å²) in [6, 6.07) is 7.96. The van der Waals surface area contributed by atoms with Crippen molar-refractivity contribution in [2.75, 3.05) is 0 Å². The molecule has 1 aromatic carbocycles. The summed E-state index contributed by atoms with van der Waals surface area (Å²) >= 11 is 0. The molecule has 1 heterocycles. The lowest BCUT2D eigenvalue weighted by Gasteiger charge is -2.11. The molecule has 0 spiro atoms. The van der Waals surface area contributed by atoms with E-state index in [2.05, 4.69) is 23.2 Å². The van der Waals surface area contributed by atoms with Gasteiger partial charge in [0.05, 0.1) is 5.52 Å². The lowest BCUT2D eigenvalue weighted by Crippen LogP contribution is -2.08. The van der Waals surface area contributed by atoms with Crippen LogP contribution in [-0.2, 0) is 0 Å². The molecule has 1 atom stereocenters. The van der Waals surface area contributed by atoms with Gasteiger partial charge in [-0.2, -0.15) is 0 Å². The third kappa shape index (κ3) is 2.70. The molecular weight excluding hydrogens is 222 g/mol. The van der Waals surface area contributed by atoms with Gasteiger partial charge in [0.2, 0.25) is 0 Å². The van der Waals surface area contributed by atoms with E-state index in [0.717, 1.165) is 23.9 Å². The van der Waals surface area contributed by atoms with E-state index >= 15 is 0 Å². The molecule has 2 aromatic rings. The summed E-state index contributed by atoms with van der Waals surface area (Å²) in [6.45, 7) is 2.21. The zero-order valence-corrected chi connectivity index (χ0v) is 10.8. The second-order valence-corrected chi connectivity index (χ2v) is 4.55. The zero-order valence-electron chi connectivity index (χ0n) is 10.8. The number of hydrogen-bond donors (Lipinski definition) is 0. The second-order valence-electron chi connectivity index (χ2n) is 4.55. The Kier molecular flexibility index (Phi) is 4.35. The Balaban J connectivity index is 2.10. The zero-order chi connectivity index (χ0) is 12.8. The summed E-state index contributed by atoms with van der Waals surface area (Å²) in [4.78, 5) is 0. The third-order valence-corrected chi connectivity index (χ3v) is 3.20. The Bertz CT molecular complexity index is 536. The van der Waals surface area contributed by atoms with Crippen molar-refractivity contribution in [3.05, 3.63) is 24.3 Å². The molecule has 3 nitrogen and oxygen atoms in total. The van der Waals surface area contributed by atoms with Crippen LogP contribution < -0.4 is 0 Å². The predicted octanol–water partition coefficient (Wildman–Crippen LogP) is 3.58. The first kappa shape index (κ1) is 12.6. The SMILES string of the molecule is C#CC(CCCCCC)n1nnc2ccccc21. The van der Waals surface area contributed by atoms with Crippen molar-refractivity contribution in [3.63, 3.8) is 0 Å². The summed E-state index contributed by atoms with van der Waals surface area (Å²) in [5, 5.41) is 8.34. The van der Waals surface area contributed by atoms with Crippen molar-refractivity contribution in [2.45, 2.75) is 45.1 Å². The number of hydrogen-bond acceptors (Lipinski definition) is 2. The molecule has 1 unspecified atom stereocenters. The van der Waals surface area contributed by atoms with Crippen molar-refractivity contribution >= 4 is 11.0 Å². The van der Waals surface area contributed by atoms with Gasteiger partial charge in [0, 0.05) is 0 Å². The quantitative estimate of drug-likeness (QED) is 0.571. The van der Waals surface area contributed by atoms with Gasteiger partial charge >= 0.3 is 0 Å². The maximum Gasteiger partial charge on any atom is 0.114 e. The fourth-order valence-corrected chi connectivity index (χ4v) is 2.16. The van der Waals surface area contributed by atoms with Gasteiger partial charge in [0.25, 0.3) is 0 Å². The molecule has 0 aliphatic rings. The highest BCUT2D eigenvalue weighted by molar-refractivity contribution is 5.74. The number of unbranched alkanes of at least 4 members (excludes halogenated alkanes) is 3. The fourth-order valence-electron chi connectivity index (χ4n) is 2.16. The van der Waals surface area contributed by atoms with Gasteiger partial charge in [0.15, 0.2) is 0 Å². The molecule has 0 fully saturated rings. The molecule has 0 saturated heterocycles. The van der Waals surface area contributed by atoms with Gasteiger partial charge in [0.1, 0.15) is 11.6 Å². The smallest absolute Gasteiger partial charge is 0.114 e. The van der Waals surface area contributed by atoms with E-state index in [-0.39, 0.29) is 6.04 Å². The van der Waals surface area contributed by atoms with Gasteiger partial charge in [-0.1, -0.05) is 55.9 Å². The molecule has 2 rings (SSSR count). The van der Waals surface area contributed by atoms with Crippen LogP contribution in [0.4, 0.5) is 0 Å². The number of nitrogens with zero attached hydrogens (tertiary/aromatic N) is 3. The lowest BCUT2D eigenvalue weighted by molar-refractivity contribution is 0.485. The largest absolute Gasteiger partial charge is 0.230 e. The maximum absolute atomic E-state index is 5.63. The van der Waals surface area contributed by atoms with E-state index in [9.17, 15) is 0 Å². The summed E-state index contributed by atoms with van der Waals surface area (Å²) in [7, 11) is 0. The number of rotatable bonds is 6. The lowest BCUT2D eigenvalue weighted by atomic mass is 10.1. The number of aromatic nitrogens is 3. The summed E-state index contributed by atoms with van der Waals surface area (Å²) in [5.41, 5.74) is 1.93. The highest BCUT2D eigenvalue weighted by Gasteiger charge is 2.12. The number of fused-ring (bicyclic) bond motifs is 1. The van der Waals surface area contributed by atoms with Crippen LogP contribution >= 0.6 is 0 Å². The van der Waals surface area contributed by atoms with Crippen molar-refractivity contribution in [2.24, 2.45) is 0 Å². The molecule has 0 aliphatic heterocycles. The Morgan fingerprint density at radius 1 is 1.28 bits per heavy atom. The average molecular weight is 241 g/mol. The third-order valence-electron chi connectivity index (χ3n) is 3.20. The molecule has 94 valence electrons. The van der Waals surface area contributed by atoms with E-state index in [0.29, 0.717) is 0 Å². The Morgan fingerprint density at radius 3 is 2.89 bits per heavy atom.